The second-order valence-electron chi connectivity index (χ2n) is 6.46. The molecule has 25 heavy (non-hydrogen) atoms. The molecule has 2 aromatic heterocycles. The van der Waals surface area contributed by atoms with Crippen molar-refractivity contribution in [2.45, 2.75) is 18.9 Å². The van der Waals surface area contributed by atoms with Crippen molar-refractivity contribution in [2.24, 2.45) is 5.92 Å². The van der Waals surface area contributed by atoms with Crippen LogP contribution in [0.5, 0.6) is 5.75 Å². The zero-order chi connectivity index (χ0) is 17.2. The second kappa shape index (κ2) is 6.55. The van der Waals surface area contributed by atoms with E-state index < -0.39 is 0 Å². The molecule has 0 radical (unpaired) electrons. The van der Waals surface area contributed by atoms with Crippen molar-refractivity contribution in [1.82, 2.24) is 15.0 Å². The molecule has 2 aliphatic heterocycles. The van der Waals surface area contributed by atoms with Crippen LogP contribution in [0.1, 0.15) is 18.5 Å². The summed E-state index contributed by atoms with van der Waals surface area (Å²) in [5, 5.41) is 9.10. The number of rotatable bonds is 3. The summed E-state index contributed by atoms with van der Waals surface area (Å²) in [5.74, 6) is 2.95. The monoisotopic (exact) mass is 336 g/mol. The van der Waals surface area contributed by atoms with Crippen molar-refractivity contribution < 1.29 is 4.74 Å². The first-order chi connectivity index (χ1) is 12.3. The summed E-state index contributed by atoms with van der Waals surface area (Å²) in [4.78, 5) is 17.9. The van der Waals surface area contributed by atoms with Gasteiger partial charge >= 0.3 is 0 Å². The Bertz CT molecular complexity index is 787. The second-order valence-corrected chi connectivity index (χ2v) is 6.46. The number of fused-ring (bicyclic) bond motifs is 1. The van der Waals surface area contributed by atoms with Gasteiger partial charge in [-0.25, -0.2) is 15.0 Å². The first kappa shape index (κ1) is 15.6. The van der Waals surface area contributed by atoms with Gasteiger partial charge in [-0.15, -0.1) is 0 Å². The van der Waals surface area contributed by atoms with Crippen LogP contribution in [0.2, 0.25) is 0 Å². The minimum absolute atomic E-state index is 0.376. The molecule has 0 spiro atoms. The number of hydrogen-bond acceptors (Lipinski definition) is 7. The quantitative estimate of drug-likeness (QED) is 0.846. The summed E-state index contributed by atoms with van der Waals surface area (Å²) >= 11 is 0. The molecule has 128 valence electrons. The molecule has 2 atom stereocenters. The summed E-state index contributed by atoms with van der Waals surface area (Å²) in [6, 6.07) is 8.15. The Morgan fingerprint density at radius 3 is 2.76 bits per heavy atom. The number of methoxy groups -OCH3 is 1. The van der Waals surface area contributed by atoms with Crippen LogP contribution in [-0.2, 0) is 0 Å². The largest absolute Gasteiger partial charge is 0.494 e. The number of aromatic nitrogens is 3. The third kappa shape index (κ3) is 2.95. The maximum Gasteiger partial charge on any atom is 0.225 e. The standard InChI is InChI=1S/C18H20N6O/c1-25-15-10-20-18(21-11-15)23-7-5-13-6-8-24(16(13)12-23)17-4-2-3-14(9-19)22-17/h2-4,10-11,13,16H,5-8,12H2,1H3. The van der Waals surface area contributed by atoms with Crippen LogP contribution in [0.3, 0.4) is 0 Å². The molecule has 0 aromatic carbocycles. The lowest BCUT2D eigenvalue weighted by atomic mass is 9.92. The zero-order valence-electron chi connectivity index (χ0n) is 14.2. The van der Waals surface area contributed by atoms with Gasteiger partial charge in [-0.2, -0.15) is 5.26 Å². The van der Waals surface area contributed by atoms with Crippen LogP contribution in [-0.4, -0.2) is 47.7 Å². The molecule has 2 aromatic rings. The number of pyridine rings is 1. The molecule has 0 N–H and O–H groups in total. The highest BCUT2D eigenvalue weighted by Crippen LogP contribution is 2.35. The van der Waals surface area contributed by atoms with E-state index >= 15 is 0 Å². The fourth-order valence-corrected chi connectivity index (χ4v) is 3.83. The van der Waals surface area contributed by atoms with Gasteiger partial charge < -0.3 is 14.5 Å². The number of nitriles is 1. The van der Waals surface area contributed by atoms with Gasteiger partial charge in [0, 0.05) is 19.6 Å². The van der Waals surface area contributed by atoms with Crippen LogP contribution < -0.4 is 14.5 Å². The van der Waals surface area contributed by atoms with Crippen molar-refractivity contribution >= 4 is 11.8 Å². The van der Waals surface area contributed by atoms with Crippen LogP contribution >= 0.6 is 0 Å². The lowest BCUT2D eigenvalue weighted by Crippen LogP contribution is -2.49. The highest BCUT2D eigenvalue weighted by Gasteiger charge is 2.39. The van der Waals surface area contributed by atoms with Gasteiger partial charge in [0.15, 0.2) is 5.75 Å². The molecule has 2 aliphatic rings. The van der Waals surface area contributed by atoms with Gasteiger partial charge in [0.05, 0.1) is 25.5 Å². The Balaban J connectivity index is 1.55. The van der Waals surface area contributed by atoms with E-state index in [4.69, 9.17) is 10.00 Å². The van der Waals surface area contributed by atoms with Gasteiger partial charge in [-0.05, 0) is 30.9 Å². The van der Waals surface area contributed by atoms with E-state index in [1.807, 2.05) is 12.1 Å². The average Bonchev–Trinajstić information content (AvgIpc) is 3.11. The predicted octanol–water partition coefficient (Wildman–Crippen LogP) is 1.86. The van der Waals surface area contributed by atoms with Crippen molar-refractivity contribution in [3.63, 3.8) is 0 Å². The highest BCUT2D eigenvalue weighted by molar-refractivity contribution is 5.46. The molecule has 0 aliphatic carbocycles. The highest BCUT2D eigenvalue weighted by atomic mass is 16.5. The van der Waals surface area contributed by atoms with Crippen LogP contribution in [0.15, 0.2) is 30.6 Å². The van der Waals surface area contributed by atoms with Crippen molar-refractivity contribution in [1.29, 1.82) is 5.26 Å². The Morgan fingerprint density at radius 2 is 2.00 bits per heavy atom. The molecule has 4 rings (SSSR count). The zero-order valence-corrected chi connectivity index (χ0v) is 14.2. The number of hydrogen-bond donors (Lipinski definition) is 0. The van der Waals surface area contributed by atoms with E-state index in [9.17, 15) is 0 Å². The van der Waals surface area contributed by atoms with E-state index in [0.717, 1.165) is 37.8 Å². The molecule has 0 saturated carbocycles. The fraction of sp³-hybridized carbons (Fsp3) is 0.444. The molecular weight excluding hydrogens is 316 g/mol. The van der Waals surface area contributed by atoms with E-state index in [1.54, 1.807) is 25.6 Å². The number of ether oxygens (including phenoxy) is 1. The maximum absolute atomic E-state index is 9.10. The van der Waals surface area contributed by atoms with Crippen molar-refractivity contribution in [2.75, 3.05) is 36.5 Å². The Morgan fingerprint density at radius 1 is 1.20 bits per heavy atom. The van der Waals surface area contributed by atoms with Gasteiger partial charge in [0.2, 0.25) is 5.95 Å². The summed E-state index contributed by atoms with van der Waals surface area (Å²) in [5.41, 5.74) is 0.465. The van der Waals surface area contributed by atoms with Crippen LogP contribution in [0.25, 0.3) is 0 Å². The van der Waals surface area contributed by atoms with E-state index in [0.29, 0.717) is 23.4 Å². The van der Waals surface area contributed by atoms with Gasteiger partial charge in [-0.3, -0.25) is 0 Å². The normalized spacial score (nSPS) is 22.4. The topological polar surface area (TPSA) is 78.2 Å². The first-order valence-electron chi connectivity index (χ1n) is 8.53. The molecule has 0 amide bonds. The minimum atomic E-state index is 0.376. The van der Waals surface area contributed by atoms with Crippen LogP contribution in [0.4, 0.5) is 11.8 Å². The van der Waals surface area contributed by atoms with Crippen LogP contribution in [0, 0.1) is 17.2 Å². The number of anilines is 2. The Kier molecular flexibility index (Phi) is 4.10. The SMILES string of the molecule is COc1cnc(N2CCC3CCN(c4cccc(C#N)n4)C3C2)nc1. The average molecular weight is 336 g/mol. The molecule has 7 nitrogen and oxygen atoms in total. The molecule has 4 heterocycles. The minimum Gasteiger partial charge on any atom is -0.494 e. The van der Waals surface area contributed by atoms with E-state index in [1.165, 1.54) is 6.42 Å². The van der Waals surface area contributed by atoms with E-state index in [-0.39, 0.29) is 0 Å². The molecule has 0 bridgehead atoms. The first-order valence-corrected chi connectivity index (χ1v) is 8.53. The molecule has 2 fully saturated rings. The van der Waals surface area contributed by atoms with Gasteiger partial charge in [-0.1, -0.05) is 6.07 Å². The Hall–Kier alpha value is -2.88. The molecule has 2 unspecified atom stereocenters. The number of nitrogens with zero attached hydrogens (tertiary/aromatic N) is 6. The summed E-state index contributed by atoms with van der Waals surface area (Å²) < 4.78 is 5.14. The fourth-order valence-electron chi connectivity index (χ4n) is 3.83. The molecule has 7 heteroatoms. The van der Waals surface area contributed by atoms with Crippen molar-refractivity contribution in [3.05, 3.63) is 36.3 Å². The van der Waals surface area contributed by atoms with E-state index in [2.05, 4.69) is 30.8 Å². The lowest BCUT2D eigenvalue weighted by Gasteiger charge is -2.38. The number of piperidine rings is 1. The molecular formula is C18H20N6O. The van der Waals surface area contributed by atoms with Gasteiger partial charge in [0.1, 0.15) is 17.6 Å². The predicted molar refractivity (Wildman–Crippen MR) is 93.6 cm³/mol. The molecule has 2 saturated heterocycles. The smallest absolute Gasteiger partial charge is 0.225 e. The Labute approximate surface area is 146 Å². The van der Waals surface area contributed by atoms with Crippen molar-refractivity contribution in [3.8, 4) is 11.8 Å². The summed E-state index contributed by atoms with van der Waals surface area (Å²) in [6.07, 6.45) is 5.70. The third-order valence-electron chi connectivity index (χ3n) is 5.14. The summed E-state index contributed by atoms with van der Waals surface area (Å²) in [7, 11) is 1.61. The lowest BCUT2D eigenvalue weighted by molar-refractivity contribution is 0.385. The summed E-state index contributed by atoms with van der Waals surface area (Å²) in [6.45, 7) is 2.82. The maximum atomic E-state index is 9.10. The third-order valence-corrected chi connectivity index (χ3v) is 5.14. The van der Waals surface area contributed by atoms with Gasteiger partial charge in [0.25, 0.3) is 0 Å².